The average Bonchev–Trinajstić information content (AvgIpc) is 3.28. The van der Waals surface area contributed by atoms with Gasteiger partial charge in [0.05, 0.1) is 10.6 Å². The fraction of sp³-hybridized carbons (Fsp3) is 0.235. The van der Waals surface area contributed by atoms with Gasteiger partial charge < -0.3 is 5.32 Å². The normalized spacial score (nSPS) is 10.8. The van der Waals surface area contributed by atoms with Crippen LogP contribution in [-0.2, 0) is 13.0 Å². The number of hydrogen-bond acceptors (Lipinski definition) is 7. The first-order valence-corrected chi connectivity index (χ1v) is 10.3. The number of nitrogens with one attached hydrogen (secondary N) is 1. The summed E-state index contributed by atoms with van der Waals surface area (Å²) >= 11 is 4.36. The molecule has 2 heterocycles. The van der Waals surface area contributed by atoms with Gasteiger partial charge in [-0.15, -0.1) is 21.5 Å². The SMILES string of the molecule is CCc1ccc(C(=O)CSc2nnc(NCc3ccc(F)cc3)s2)s1. The van der Waals surface area contributed by atoms with Crippen LogP contribution in [0.3, 0.4) is 0 Å². The van der Waals surface area contributed by atoms with Crippen molar-refractivity contribution < 1.29 is 9.18 Å². The van der Waals surface area contributed by atoms with Gasteiger partial charge in [0.1, 0.15) is 5.82 Å². The summed E-state index contributed by atoms with van der Waals surface area (Å²) in [6.07, 6.45) is 0.949. The molecule has 0 aliphatic heterocycles. The summed E-state index contributed by atoms with van der Waals surface area (Å²) in [5.41, 5.74) is 0.963. The average molecular weight is 394 g/mol. The zero-order valence-corrected chi connectivity index (χ0v) is 15.9. The molecule has 3 aromatic rings. The van der Waals surface area contributed by atoms with Gasteiger partial charge >= 0.3 is 0 Å². The molecule has 0 spiro atoms. The lowest BCUT2D eigenvalue weighted by atomic mass is 10.2. The summed E-state index contributed by atoms with van der Waals surface area (Å²) < 4.78 is 13.6. The summed E-state index contributed by atoms with van der Waals surface area (Å²) in [6.45, 7) is 2.63. The molecule has 130 valence electrons. The molecule has 0 aliphatic carbocycles. The smallest absolute Gasteiger partial charge is 0.206 e. The molecule has 0 amide bonds. The van der Waals surface area contributed by atoms with Crippen LogP contribution in [0, 0.1) is 5.82 Å². The Bertz CT molecular complexity index is 845. The van der Waals surface area contributed by atoms with E-state index in [1.54, 1.807) is 23.5 Å². The van der Waals surface area contributed by atoms with Crippen molar-refractivity contribution in [2.24, 2.45) is 0 Å². The number of aromatic nitrogens is 2. The Kier molecular flexibility index (Phi) is 6.17. The van der Waals surface area contributed by atoms with Crippen LogP contribution in [-0.4, -0.2) is 21.7 Å². The van der Waals surface area contributed by atoms with Crippen LogP contribution >= 0.6 is 34.4 Å². The summed E-state index contributed by atoms with van der Waals surface area (Å²) in [5.74, 6) is 0.224. The van der Waals surface area contributed by atoms with Crippen LogP contribution in [0.4, 0.5) is 9.52 Å². The van der Waals surface area contributed by atoms with E-state index in [-0.39, 0.29) is 11.6 Å². The monoisotopic (exact) mass is 393 g/mol. The van der Waals surface area contributed by atoms with E-state index in [0.29, 0.717) is 17.4 Å². The van der Waals surface area contributed by atoms with Gasteiger partial charge in [-0.1, -0.05) is 42.2 Å². The molecule has 0 bridgehead atoms. The highest BCUT2D eigenvalue weighted by Crippen LogP contribution is 2.27. The number of nitrogens with zero attached hydrogens (tertiary/aromatic N) is 2. The van der Waals surface area contributed by atoms with Gasteiger partial charge in [0.15, 0.2) is 10.1 Å². The van der Waals surface area contributed by atoms with Crippen molar-refractivity contribution in [1.29, 1.82) is 0 Å². The van der Waals surface area contributed by atoms with Crippen molar-refractivity contribution in [2.45, 2.75) is 24.2 Å². The van der Waals surface area contributed by atoms with Crippen molar-refractivity contribution in [3.63, 3.8) is 0 Å². The molecule has 0 unspecified atom stereocenters. The summed E-state index contributed by atoms with van der Waals surface area (Å²) in [5, 5.41) is 12.0. The fourth-order valence-corrected chi connectivity index (χ4v) is 4.64. The van der Waals surface area contributed by atoms with E-state index in [9.17, 15) is 9.18 Å². The Morgan fingerprint density at radius 1 is 1.16 bits per heavy atom. The maximum absolute atomic E-state index is 12.9. The minimum absolute atomic E-state index is 0.116. The molecule has 0 aliphatic rings. The van der Waals surface area contributed by atoms with Crippen LogP contribution in [0.2, 0.25) is 0 Å². The number of carbonyl (C=O) groups excluding carboxylic acids is 1. The van der Waals surface area contributed by atoms with Crippen molar-refractivity contribution in [1.82, 2.24) is 10.2 Å². The van der Waals surface area contributed by atoms with Gasteiger partial charge in [-0.25, -0.2) is 4.39 Å². The summed E-state index contributed by atoms with van der Waals surface area (Å²) in [7, 11) is 0. The molecule has 0 radical (unpaired) electrons. The number of halogens is 1. The maximum atomic E-state index is 12.9. The van der Waals surface area contributed by atoms with E-state index in [4.69, 9.17) is 0 Å². The number of thiophene rings is 1. The molecule has 1 aromatic carbocycles. The molecule has 0 saturated heterocycles. The molecule has 2 aromatic heterocycles. The second kappa shape index (κ2) is 8.55. The van der Waals surface area contributed by atoms with Crippen LogP contribution in [0.25, 0.3) is 0 Å². The van der Waals surface area contributed by atoms with Crippen molar-refractivity contribution in [3.8, 4) is 0 Å². The Morgan fingerprint density at radius 2 is 1.96 bits per heavy atom. The van der Waals surface area contributed by atoms with Crippen LogP contribution in [0.15, 0.2) is 40.7 Å². The van der Waals surface area contributed by atoms with E-state index in [0.717, 1.165) is 21.2 Å². The molecule has 8 heteroatoms. The molecule has 3 rings (SSSR count). The van der Waals surface area contributed by atoms with Crippen molar-refractivity contribution >= 4 is 45.4 Å². The Morgan fingerprint density at radius 3 is 2.68 bits per heavy atom. The van der Waals surface area contributed by atoms with E-state index < -0.39 is 0 Å². The van der Waals surface area contributed by atoms with Crippen molar-refractivity contribution in [2.75, 3.05) is 11.1 Å². The zero-order valence-electron chi connectivity index (χ0n) is 13.5. The third-order valence-corrected chi connectivity index (χ3v) is 6.66. The lowest BCUT2D eigenvalue weighted by Crippen LogP contribution is -1.98. The van der Waals surface area contributed by atoms with Crippen LogP contribution in [0.1, 0.15) is 27.0 Å². The number of Topliss-reactive ketones (excluding diaryl/α,β-unsaturated/α-hetero) is 1. The van der Waals surface area contributed by atoms with E-state index in [1.165, 1.54) is 40.1 Å². The highest BCUT2D eigenvalue weighted by Gasteiger charge is 2.12. The molecule has 0 fully saturated rings. The molecule has 0 saturated carbocycles. The zero-order chi connectivity index (χ0) is 17.6. The Labute approximate surface area is 157 Å². The van der Waals surface area contributed by atoms with Crippen molar-refractivity contribution in [3.05, 3.63) is 57.5 Å². The number of thioether (sulfide) groups is 1. The maximum Gasteiger partial charge on any atom is 0.206 e. The highest BCUT2D eigenvalue weighted by molar-refractivity contribution is 8.01. The van der Waals surface area contributed by atoms with E-state index in [1.807, 2.05) is 12.1 Å². The third kappa shape index (κ3) is 5.10. The first kappa shape index (κ1) is 18.0. The largest absolute Gasteiger partial charge is 0.356 e. The number of rotatable bonds is 8. The first-order valence-electron chi connectivity index (χ1n) is 7.70. The van der Waals surface area contributed by atoms with Crippen LogP contribution in [0.5, 0.6) is 0 Å². The predicted molar refractivity (Wildman–Crippen MR) is 102 cm³/mol. The molecular weight excluding hydrogens is 377 g/mol. The molecule has 4 nitrogen and oxygen atoms in total. The van der Waals surface area contributed by atoms with Gasteiger partial charge in [0, 0.05) is 11.4 Å². The number of ketones is 1. The second-order valence-electron chi connectivity index (χ2n) is 5.18. The molecule has 0 atom stereocenters. The first-order chi connectivity index (χ1) is 12.1. The van der Waals surface area contributed by atoms with Gasteiger partial charge in [-0.2, -0.15) is 0 Å². The lowest BCUT2D eigenvalue weighted by Gasteiger charge is -2.01. The topological polar surface area (TPSA) is 54.9 Å². The molecular formula is C17H16FN3OS3. The second-order valence-corrected chi connectivity index (χ2v) is 8.55. The summed E-state index contributed by atoms with van der Waals surface area (Å²) in [4.78, 5) is 14.2. The quantitative estimate of drug-likeness (QED) is 0.436. The molecule has 25 heavy (non-hydrogen) atoms. The van der Waals surface area contributed by atoms with Gasteiger partial charge in [-0.05, 0) is 36.2 Å². The Balaban J connectivity index is 1.49. The minimum atomic E-state index is -0.250. The van der Waals surface area contributed by atoms with Gasteiger partial charge in [-0.3, -0.25) is 4.79 Å². The van der Waals surface area contributed by atoms with Gasteiger partial charge in [0.25, 0.3) is 0 Å². The summed E-state index contributed by atoms with van der Waals surface area (Å²) in [6, 6.07) is 10.2. The minimum Gasteiger partial charge on any atom is -0.356 e. The number of aryl methyl sites for hydroxylation is 1. The van der Waals surface area contributed by atoms with Crippen LogP contribution < -0.4 is 5.32 Å². The van der Waals surface area contributed by atoms with E-state index >= 15 is 0 Å². The number of anilines is 1. The Hall–Kier alpha value is -1.77. The molecule has 1 N–H and O–H groups in total. The number of benzene rings is 1. The van der Waals surface area contributed by atoms with E-state index in [2.05, 4.69) is 22.4 Å². The lowest BCUT2D eigenvalue weighted by molar-refractivity contribution is 0.102. The fourth-order valence-electron chi connectivity index (χ4n) is 2.04. The highest BCUT2D eigenvalue weighted by atomic mass is 32.2. The number of carbonyl (C=O) groups is 1. The predicted octanol–water partition coefficient (Wildman–Crippen LogP) is 4.89. The number of hydrogen-bond donors (Lipinski definition) is 1. The van der Waals surface area contributed by atoms with Gasteiger partial charge in [0.2, 0.25) is 5.13 Å². The third-order valence-electron chi connectivity index (χ3n) is 3.38. The standard InChI is InChI=1S/C17H16FN3OS3/c1-2-13-7-8-15(24-13)14(22)10-23-17-21-20-16(25-17)19-9-11-3-5-12(18)6-4-11/h3-8H,2,9-10H2,1H3,(H,19,20).